The van der Waals surface area contributed by atoms with Crippen molar-refractivity contribution in [2.45, 2.75) is 6.42 Å². The summed E-state index contributed by atoms with van der Waals surface area (Å²) in [5.74, 6) is -0.588. The molecule has 0 spiro atoms. The van der Waals surface area contributed by atoms with Gasteiger partial charge in [0, 0.05) is 11.6 Å². The van der Waals surface area contributed by atoms with E-state index in [1.165, 1.54) is 0 Å². The molecule has 2 aromatic carbocycles. The minimum atomic E-state index is -0.588. The summed E-state index contributed by atoms with van der Waals surface area (Å²) in [7, 11) is 0. The van der Waals surface area contributed by atoms with Crippen LogP contribution in [0.15, 0.2) is 48.5 Å². The molecule has 114 valence electrons. The largest absolute Gasteiger partial charge is 0.366 e. The third kappa shape index (κ3) is 4.49. The minimum absolute atomic E-state index is 0.271. The van der Waals surface area contributed by atoms with Crippen molar-refractivity contribution in [3.8, 4) is 0 Å². The Balaban J connectivity index is 1.87. The molecule has 0 saturated heterocycles. The van der Waals surface area contributed by atoms with E-state index < -0.39 is 11.9 Å². The van der Waals surface area contributed by atoms with Crippen LogP contribution in [-0.2, 0) is 6.42 Å². The van der Waals surface area contributed by atoms with Crippen molar-refractivity contribution in [1.29, 1.82) is 0 Å². The van der Waals surface area contributed by atoms with Crippen molar-refractivity contribution in [3.63, 3.8) is 0 Å². The van der Waals surface area contributed by atoms with E-state index in [0.717, 1.165) is 5.56 Å². The molecule has 22 heavy (non-hydrogen) atoms. The topological polar surface area (TPSA) is 84.2 Å². The first-order valence-electron chi connectivity index (χ1n) is 6.74. The fourth-order valence-corrected chi connectivity index (χ4v) is 2.20. The van der Waals surface area contributed by atoms with E-state index in [4.69, 9.17) is 17.3 Å². The van der Waals surface area contributed by atoms with Crippen molar-refractivity contribution >= 4 is 29.2 Å². The van der Waals surface area contributed by atoms with Gasteiger partial charge in [0.25, 0.3) is 5.91 Å². The summed E-state index contributed by atoms with van der Waals surface area (Å²) in [4.78, 5) is 23.1. The summed E-state index contributed by atoms with van der Waals surface area (Å²) in [6.07, 6.45) is 0.658. The fraction of sp³-hybridized carbons (Fsp3) is 0.125. The van der Waals surface area contributed by atoms with Crippen LogP contribution in [0.3, 0.4) is 0 Å². The second-order valence-electron chi connectivity index (χ2n) is 4.67. The summed E-state index contributed by atoms with van der Waals surface area (Å²) in [6.45, 7) is 0.449. The van der Waals surface area contributed by atoms with Crippen LogP contribution in [0.2, 0.25) is 5.02 Å². The smallest absolute Gasteiger partial charge is 0.319 e. The first kappa shape index (κ1) is 15.9. The Kier molecular flexibility index (Phi) is 5.38. The van der Waals surface area contributed by atoms with Crippen molar-refractivity contribution in [2.24, 2.45) is 5.73 Å². The number of anilines is 1. The summed E-state index contributed by atoms with van der Waals surface area (Å²) in [6, 6.07) is 13.6. The van der Waals surface area contributed by atoms with E-state index in [2.05, 4.69) is 10.6 Å². The number of carbonyl (C=O) groups is 2. The number of carbonyl (C=O) groups excluding carboxylic acids is 2. The Hall–Kier alpha value is -2.53. The van der Waals surface area contributed by atoms with Gasteiger partial charge in [-0.3, -0.25) is 4.79 Å². The molecule has 3 amide bonds. The number of hydrogen-bond donors (Lipinski definition) is 3. The first-order chi connectivity index (χ1) is 10.6. The lowest BCUT2D eigenvalue weighted by Gasteiger charge is -2.10. The van der Waals surface area contributed by atoms with E-state index in [-0.39, 0.29) is 5.56 Å². The van der Waals surface area contributed by atoms with E-state index >= 15 is 0 Å². The summed E-state index contributed by atoms with van der Waals surface area (Å²) >= 11 is 5.90. The molecule has 0 radical (unpaired) electrons. The molecule has 5 nitrogen and oxygen atoms in total. The van der Waals surface area contributed by atoms with Gasteiger partial charge in [-0.2, -0.15) is 0 Å². The zero-order chi connectivity index (χ0) is 15.9. The Bertz CT molecular complexity index is 689. The molecule has 4 N–H and O–H groups in total. The van der Waals surface area contributed by atoms with Gasteiger partial charge in [0.05, 0.1) is 11.3 Å². The monoisotopic (exact) mass is 317 g/mol. The van der Waals surface area contributed by atoms with Crippen LogP contribution in [0.4, 0.5) is 10.5 Å². The highest BCUT2D eigenvalue weighted by Gasteiger charge is 2.09. The summed E-state index contributed by atoms with van der Waals surface area (Å²) in [5, 5.41) is 6.00. The van der Waals surface area contributed by atoms with Crippen molar-refractivity contribution in [1.82, 2.24) is 5.32 Å². The molecule has 2 rings (SSSR count). The number of urea groups is 1. The SMILES string of the molecule is NC(=O)c1ccccc1NC(=O)NCCc1cccc(Cl)c1. The molecule has 0 aliphatic rings. The van der Waals surface area contributed by atoms with Crippen LogP contribution < -0.4 is 16.4 Å². The van der Waals surface area contributed by atoms with Gasteiger partial charge in [0.15, 0.2) is 0 Å². The molecule has 0 saturated carbocycles. The van der Waals surface area contributed by atoms with Gasteiger partial charge in [-0.1, -0.05) is 35.9 Å². The Morgan fingerprint density at radius 3 is 2.59 bits per heavy atom. The molecule has 0 bridgehead atoms. The van der Waals surface area contributed by atoms with Gasteiger partial charge in [-0.15, -0.1) is 0 Å². The number of halogens is 1. The summed E-state index contributed by atoms with van der Waals surface area (Å²) < 4.78 is 0. The van der Waals surface area contributed by atoms with Crippen LogP contribution >= 0.6 is 11.6 Å². The predicted molar refractivity (Wildman–Crippen MR) is 87.1 cm³/mol. The Morgan fingerprint density at radius 1 is 1.09 bits per heavy atom. The molecule has 0 aliphatic heterocycles. The number of hydrogen-bond acceptors (Lipinski definition) is 2. The van der Waals surface area contributed by atoms with Crippen molar-refractivity contribution in [2.75, 3.05) is 11.9 Å². The normalized spacial score (nSPS) is 10.0. The maximum Gasteiger partial charge on any atom is 0.319 e. The van der Waals surface area contributed by atoms with Crippen LogP contribution in [0.5, 0.6) is 0 Å². The van der Waals surface area contributed by atoms with Gasteiger partial charge in [0.2, 0.25) is 0 Å². The highest BCUT2D eigenvalue weighted by Crippen LogP contribution is 2.14. The quantitative estimate of drug-likeness (QED) is 0.792. The predicted octanol–water partition coefficient (Wildman–Crippen LogP) is 2.80. The molecular formula is C16H16ClN3O2. The van der Waals surface area contributed by atoms with Gasteiger partial charge in [0.1, 0.15) is 0 Å². The fourth-order valence-electron chi connectivity index (χ4n) is 1.99. The molecule has 0 unspecified atom stereocenters. The van der Waals surface area contributed by atoms with E-state index in [1.54, 1.807) is 30.3 Å². The maximum absolute atomic E-state index is 11.8. The lowest BCUT2D eigenvalue weighted by molar-refractivity contribution is 0.100. The molecular weight excluding hydrogens is 302 g/mol. The van der Waals surface area contributed by atoms with Gasteiger partial charge >= 0.3 is 6.03 Å². The third-order valence-electron chi connectivity index (χ3n) is 3.03. The van der Waals surface area contributed by atoms with Crippen LogP contribution in [0.1, 0.15) is 15.9 Å². The molecule has 0 aliphatic carbocycles. The molecule has 0 fully saturated rings. The number of primary amides is 1. The van der Waals surface area contributed by atoms with Crippen LogP contribution in [0, 0.1) is 0 Å². The average molecular weight is 318 g/mol. The second-order valence-corrected chi connectivity index (χ2v) is 5.11. The molecule has 0 aromatic heterocycles. The average Bonchev–Trinajstić information content (AvgIpc) is 2.47. The number of para-hydroxylation sites is 1. The van der Waals surface area contributed by atoms with Crippen molar-refractivity contribution < 1.29 is 9.59 Å². The summed E-state index contributed by atoms with van der Waals surface area (Å²) in [5.41, 5.74) is 6.95. The number of amides is 3. The van der Waals surface area contributed by atoms with E-state index in [1.807, 2.05) is 18.2 Å². The van der Waals surface area contributed by atoms with Crippen molar-refractivity contribution in [3.05, 3.63) is 64.7 Å². The first-order valence-corrected chi connectivity index (χ1v) is 7.12. The second kappa shape index (κ2) is 7.47. The van der Waals surface area contributed by atoms with Gasteiger partial charge < -0.3 is 16.4 Å². The molecule has 0 atom stereocenters. The molecule has 2 aromatic rings. The zero-order valence-corrected chi connectivity index (χ0v) is 12.6. The van der Waals surface area contributed by atoms with Gasteiger partial charge in [-0.25, -0.2) is 4.79 Å². The standard InChI is InChI=1S/C16H16ClN3O2/c17-12-5-3-4-11(10-12)8-9-19-16(22)20-14-7-2-1-6-13(14)15(18)21/h1-7,10H,8-9H2,(H2,18,21)(H2,19,20,22). The van der Waals surface area contributed by atoms with E-state index in [0.29, 0.717) is 23.7 Å². The Labute approximate surface area is 133 Å². The van der Waals surface area contributed by atoms with E-state index in [9.17, 15) is 9.59 Å². The highest BCUT2D eigenvalue weighted by molar-refractivity contribution is 6.30. The third-order valence-corrected chi connectivity index (χ3v) is 3.26. The molecule has 6 heteroatoms. The zero-order valence-electron chi connectivity index (χ0n) is 11.8. The lowest BCUT2D eigenvalue weighted by Crippen LogP contribution is -2.31. The van der Waals surface area contributed by atoms with Crippen LogP contribution in [0.25, 0.3) is 0 Å². The minimum Gasteiger partial charge on any atom is -0.366 e. The van der Waals surface area contributed by atoms with Crippen LogP contribution in [-0.4, -0.2) is 18.5 Å². The number of nitrogens with one attached hydrogen (secondary N) is 2. The number of benzene rings is 2. The number of nitrogens with two attached hydrogens (primary N) is 1. The van der Waals surface area contributed by atoms with Gasteiger partial charge in [-0.05, 0) is 36.2 Å². The highest BCUT2D eigenvalue weighted by atomic mass is 35.5. The lowest BCUT2D eigenvalue weighted by atomic mass is 10.1. The number of rotatable bonds is 5. The maximum atomic E-state index is 11.8. The Morgan fingerprint density at radius 2 is 1.86 bits per heavy atom. The molecule has 0 heterocycles.